The van der Waals surface area contributed by atoms with Crippen LogP contribution < -0.4 is 10.1 Å². The molecule has 0 unspecified atom stereocenters. The van der Waals surface area contributed by atoms with E-state index in [0.29, 0.717) is 38.3 Å². The lowest BCUT2D eigenvalue weighted by Gasteiger charge is -2.23. The number of amides is 1. The minimum absolute atomic E-state index is 0.218. The first-order valence-electron chi connectivity index (χ1n) is 9.12. The number of halogens is 1. The van der Waals surface area contributed by atoms with E-state index < -0.39 is 16.1 Å². The van der Waals surface area contributed by atoms with Gasteiger partial charge in [-0.05, 0) is 50.1 Å². The molecular formula is C20H23BrN2O4S. The Hall–Kier alpha value is -1.90. The molecule has 0 bridgehead atoms. The maximum atomic E-state index is 12.9. The number of benzene rings is 2. The average molecular weight is 467 g/mol. The number of carbonyl (C=O) groups is 1. The molecule has 2 aromatic carbocycles. The van der Waals surface area contributed by atoms with Crippen molar-refractivity contribution in [1.29, 1.82) is 0 Å². The van der Waals surface area contributed by atoms with Gasteiger partial charge in [0, 0.05) is 11.0 Å². The monoisotopic (exact) mass is 466 g/mol. The molecule has 2 aromatic rings. The van der Waals surface area contributed by atoms with E-state index in [4.69, 9.17) is 4.74 Å². The highest BCUT2D eigenvalue weighted by molar-refractivity contribution is 9.10. The fourth-order valence-corrected chi connectivity index (χ4v) is 5.19. The van der Waals surface area contributed by atoms with Gasteiger partial charge in [0.25, 0.3) is 0 Å². The van der Waals surface area contributed by atoms with Gasteiger partial charge in [0.2, 0.25) is 15.9 Å². The minimum Gasteiger partial charge on any atom is -0.492 e. The van der Waals surface area contributed by atoms with Gasteiger partial charge in [-0.2, -0.15) is 4.31 Å². The summed E-state index contributed by atoms with van der Waals surface area (Å²) in [6, 6.07) is 13.5. The number of nitrogens with zero attached hydrogens (tertiary/aromatic N) is 1. The largest absolute Gasteiger partial charge is 0.492 e. The third-order valence-corrected chi connectivity index (χ3v) is 7.02. The first-order chi connectivity index (χ1) is 13.4. The summed E-state index contributed by atoms with van der Waals surface area (Å²) in [5.74, 6) is 0.416. The van der Waals surface area contributed by atoms with Crippen LogP contribution >= 0.6 is 15.9 Å². The quantitative estimate of drug-likeness (QED) is 0.636. The van der Waals surface area contributed by atoms with Crippen molar-refractivity contribution in [3.63, 3.8) is 0 Å². The Balaban J connectivity index is 1.57. The highest BCUT2D eigenvalue weighted by Crippen LogP contribution is 2.26. The second-order valence-corrected chi connectivity index (χ2v) is 9.49. The molecule has 0 saturated carbocycles. The lowest BCUT2D eigenvalue weighted by Crippen LogP contribution is -2.46. The number of hydrogen-bond donors (Lipinski definition) is 1. The van der Waals surface area contributed by atoms with E-state index in [1.165, 1.54) is 4.31 Å². The molecule has 0 aromatic heterocycles. The molecule has 1 N–H and O–H groups in total. The second kappa shape index (κ2) is 9.07. The number of hydrogen-bond acceptors (Lipinski definition) is 4. The van der Waals surface area contributed by atoms with Crippen molar-refractivity contribution in [2.24, 2.45) is 0 Å². The van der Waals surface area contributed by atoms with Crippen LogP contribution in [0, 0.1) is 6.92 Å². The number of carbonyl (C=O) groups excluding carboxylic acids is 1. The topological polar surface area (TPSA) is 75.7 Å². The van der Waals surface area contributed by atoms with Crippen LogP contribution in [0.3, 0.4) is 0 Å². The predicted molar refractivity (Wildman–Crippen MR) is 111 cm³/mol. The first-order valence-corrected chi connectivity index (χ1v) is 11.4. The fraction of sp³-hybridized carbons (Fsp3) is 0.350. The van der Waals surface area contributed by atoms with Crippen LogP contribution in [0.25, 0.3) is 0 Å². The van der Waals surface area contributed by atoms with E-state index in [1.807, 2.05) is 31.2 Å². The maximum Gasteiger partial charge on any atom is 0.243 e. The molecule has 28 heavy (non-hydrogen) atoms. The summed E-state index contributed by atoms with van der Waals surface area (Å²) in [6.07, 6.45) is 1.18. The normalized spacial score (nSPS) is 17.4. The van der Waals surface area contributed by atoms with Crippen molar-refractivity contribution in [2.75, 3.05) is 19.7 Å². The van der Waals surface area contributed by atoms with Crippen molar-refractivity contribution in [2.45, 2.75) is 30.7 Å². The van der Waals surface area contributed by atoms with Gasteiger partial charge in [-0.3, -0.25) is 4.79 Å². The zero-order chi connectivity index (χ0) is 20.1. The predicted octanol–water partition coefficient (Wildman–Crippen LogP) is 3.11. The third-order valence-electron chi connectivity index (χ3n) is 4.60. The Kier molecular flexibility index (Phi) is 6.74. The molecule has 1 fully saturated rings. The van der Waals surface area contributed by atoms with E-state index >= 15 is 0 Å². The van der Waals surface area contributed by atoms with Crippen LogP contribution in [0.1, 0.15) is 18.4 Å². The van der Waals surface area contributed by atoms with Crippen molar-refractivity contribution in [1.82, 2.24) is 9.62 Å². The van der Waals surface area contributed by atoms with E-state index in [-0.39, 0.29) is 10.8 Å². The Morgan fingerprint density at radius 3 is 2.71 bits per heavy atom. The molecule has 1 aliphatic rings. The van der Waals surface area contributed by atoms with Crippen LogP contribution in [0.5, 0.6) is 5.75 Å². The van der Waals surface area contributed by atoms with Crippen molar-refractivity contribution >= 4 is 31.9 Å². The number of nitrogens with one attached hydrogen (secondary N) is 1. The molecule has 1 aliphatic heterocycles. The van der Waals surface area contributed by atoms with Gasteiger partial charge in [0.05, 0.1) is 11.4 Å². The second-order valence-electron chi connectivity index (χ2n) is 6.68. The van der Waals surface area contributed by atoms with Gasteiger partial charge in [0.1, 0.15) is 18.4 Å². The summed E-state index contributed by atoms with van der Waals surface area (Å²) in [4.78, 5) is 12.8. The molecular weight excluding hydrogens is 444 g/mol. The van der Waals surface area contributed by atoms with Crippen LogP contribution in [0.4, 0.5) is 0 Å². The SMILES string of the molecule is Cc1ccc(S(=O)(=O)N2CCC[C@H]2C(=O)NCCOc2cccc(Br)c2)cc1. The van der Waals surface area contributed by atoms with E-state index in [1.54, 1.807) is 24.3 Å². The Bertz CT molecular complexity index is 931. The minimum atomic E-state index is -3.69. The van der Waals surface area contributed by atoms with Gasteiger partial charge in [-0.15, -0.1) is 0 Å². The van der Waals surface area contributed by atoms with Crippen molar-refractivity contribution in [3.8, 4) is 5.75 Å². The standard InChI is InChI=1S/C20H23BrN2O4S/c1-15-7-9-18(10-8-15)28(25,26)23-12-3-6-19(23)20(24)22-11-13-27-17-5-2-4-16(21)14-17/h2,4-5,7-10,14,19H,3,6,11-13H2,1H3,(H,22,24)/t19-/m0/s1. The Labute approximate surface area is 174 Å². The van der Waals surface area contributed by atoms with Crippen LogP contribution in [0.2, 0.25) is 0 Å². The van der Waals surface area contributed by atoms with Gasteiger partial charge >= 0.3 is 0 Å². The zero-order valence-electron chi connectivity index (χ0n) is 15.6. The molecule has 8 heteroatoms. The highest BCUT2D eigenvalue weighted by Gasteiger charge is 2.39. The number of rotatable bonds is 7. The molecule has 150 valence electrons. The van der Waals surface area contributed by atoms with Gasteiger partial charge in [-0.1, -0.05) is 39.7 Å². The smallest absolute Gasteiger partial charge is 0.243 e. The van der Waals surface area contributed by atoms with Gasteiger partial charge in [-0.25, -0.2) is 8.42 Å². The lowest BCUT2D eigenvalue weighted by atomic mass is 10.2. The number of ether oxygens (including phenoxy) is 1. The third kappa shape index (κ3) is 4.92. The molecule has 6 nitrogen and oxygen atoms in total. The van der Waals surface area contributed by atoms with Crippen molar-refractivity contribution in [3.05, 3.63) is 58.6 Å². The van der Waals surface area contributed by atoms with E-state index in [2.05, 4.69) is 21.2 Å². The van der Waals surface area contributed by atoms with Crippen LogP contribution in [0.15, 0.2) is 57.9 Å². The van der Waals surface area contributed by atoms with Crippen LogP contribution in [-0.2, 0) is 14.8 Å². The molecule has 0 radical (unpaired) electrons. The van der Waals surface area contributed by atoms with E-state index in [9.17, 15) is 13.2 Å². The molecule has 1 saturated heterocycles. The summed E-state index contributed by atoms with van der Waals surface area (Å²) in [5, 5.41) is 2.79. The van der Waals surface area contributed by atoms with Crippen molar-refractivity contribution < 1.29 is 17.9 Å². The summed E-state index contributed by atoms with van der Waals surface area (Å²) < 4.78 is 33.7. The first kappa shape index (κ1) is 20.8. The summed E-state index contributed by atoms with van der Waals surface area (Å²) in [5.41, 5.74) is 0.986. The molecule has 0 spiro atoms. The molecule has 3 rings (SSSR count). The van der Waals surface area contributed by atoms with E-state index in [0.717, 1.165) is 10.0 Å². The fourth-order valence-electron chi connectivity index (χ4n) is 3.15. The summed E-state index contributed by atoms with van der Waals surface area (Å²) in [6.45, 7) is 2.86. The molecule has 0 aliphatic carbocycles. The van der Waals surface area contributed by atoms with Crippen LogP contribution in [-0.4, -0.2) is 44.4 Å². The molecule has 1 heterocycles. The molecule has 1 atom stereocenters. The summed E-state index contributed by atoms with van der Waals surface area (Å²) in [7, 11) is -3.69. The lowest BCUT2D eigenvalue weighted by molar-refractivity contribution is -0.124. The number of sulfonamides is 1. The highest BCUT2D eigenvalue weighted by atomic mass is 79.9. The summed E-state index contributed by atoms with van der Waals surface area (Å²) >= 11 is 3.38. The van der Waals surface area contributed by atoms with Gasteiger partial charge in [0.15, 0.2) is 0 Å². The maximum absolute atomic E-state index is 12.9. The average Bonchev–Trinajstić information content (AvgIpc) is 3.16. The Morgan fingerprint density at radius 1 is 1.25 bits per heavy atom. The van der Waals surface area contributed by atoms with Gasteiger partial charge < -0.3 is 10.1 Å². The number of aryl methyl sites for hydroxylation is 1. The zero-order valence-corrected chi connectivity index (χ0v) is 18.0. The Morgan fingerprint density at radius 2 is 2.00 bits per heavy atom. The molecule has 1 amide bonds.